The summed E-state index contributed by atoms with van der Waals surface area (Å²) in [5.74, 6) is 0.694. The molecule has 1 atom stereocenters. The molecule has 2 aliphatic rings. The second-order valence-electron chi connectivity index (χ2n) is 6.41. The Hall–Kier alpha value is -1.41. The Morgan fingerprint density at radius 3 is 2.39 bits per heavy atom. The average Bonchev–Trinajstić information content (AvgIpc) is 3.08. The van der Waals surface area contributed by atoms with Gasteiger partial charge in [0, 0.05) is 44.6 Å². The number of hydrogen-bond acceptors (Lipinski definition) is 5. The maximum Gasteiger partial charge on any atom is 0.247 e. The lowest BCUT2D eigenvalue weighted by Crippen LogP contribution is -2.54. The molecule has 1 aromatic rings. The molecular formula is C15H24N4O3S. The number of carbonyl (C=O) groups excluding carboxylic acids is 1. The number of rotatable bonds is 3. The summed E-state index contributed by atoms with van der Waals surface area (Å²) in [5.41, 5.74) is 0. The lowest BCUT2D eigenvalue weighted by atomic mass is 10.1. The van der Waals surface area contributed by atoms with Crippen molar-refractivity contribution >= 4 is 15.7 Å². The van der Waals surface area contributed by atoms with Gasteiger partial charge in [-0.25, -0.2) is 8.42 Å². The first-order chi connectivity index (χ1) is 11.0. The molecule has 2 aliphatic heterocycles. The fraction of sp³-hybridized carbons (Fsp3) is 0.733. The summed E-state index contributed by atoms with van der Waals surface area (Å²) in [7, 11) is -2.82. The molecule has 7 nitrogen and oxygen atoms in total. The maximum atomic E-state index is 12.5. The molecule has 8 heteroatoms. The third kappa shape index (κ3) is 3.74. The molecule has 0 aliphatic carbocycles. The largest absolute Gasteiger partial charge is 0.338 e. The highest BCUT2D eigenvalue weighted by Gasteiger charge is 2.32. The zero-order valence-electron chi connectivity index (χ0n) is 13.5. The van der Waals surface area contributed by atoms with Crippen molar-refractivity contribution in [3.63, 3.8) is 0 Å². The van der Waals surface area contributed by atoms with Crippen molar-refractivity contribution in [2.24, 2.45) is 0 Å². The number of aromatic nitrogens is 2. The molecule has 1 unspecified atom stereocenters. The van der Waals surface area contributed by atoms with Crippen LogP contribution in [0.1, 0.15) is 25.8 Å². The number of nitrogens with zero attached hydrogens (tertiary/aromatic N) is 4. The van der Waals surface area contributed by atoms with Gasteiger partial charge in [-0.15, -0.1) is 0 Å². The van der Waals surface area contributed by atoms with E-state index in [1.54, 1.807) is 17.1 Å². The lowest BCUT2D eigenvalue weighted by Gasteiger charge is -2.41. The van der Waals surface area contributed by atoms with Gasteiger partial charge in [0.25, 0.3) is 0 Å². The van der Waals surface area contributed by atoms with Crippen molar-refractivity contribution in [1.82, 2.24) is 19.6 Å². The number of amides is 1. The van der Waals surface area contributed by atoms with E-state index < -0.39 is 9.84 Å². The minimum atomic E-state index is -2.82. The van der Waals surface area contributed by atoms with Crippen molar-refractivity contribution in [2.75, 3.05) is 37.7 Å². The summed E-state index contributed by atoms with van der Waals surface area (Å²) in [5, 5.41) is 4.14. The van der Waals surface area contributed by atoms with Gasteiger partial charge in [0.15, 0.2) is 0 Å². The minimum absolute atomic E-state index is 0.0968. The van der Waals surface area contributed by atoms with Crippen LogP contribution < -0.4 is 0 Å². The van der Waals surface area contributed by atoms with Crippen LogP contribution in [0.4, 0.5) is 0 Å². The van der Waals surface area contributed by atoms with Crippen LogP contribution in [-0.4, -0.2) is 77.6 Å². The quantitative estimate of drug-likeness (QED) is 0.784. The molecule has 23 heavy (non-hydrogen) atoms. The van der Waals surface area contributed by atoms with Gasteiger partial charge < -0.3 is 4.90 Å². The van der Waals surface area contributed by atoms with Crippen molar-refractivity contribution in [1.29, 1.82) is 0 Å². The fourth-order valence-corrected chi connectivity index (χ4v) is 4.90. The van der Waals surface area contributed by atoms with E-state index in [-0.39, 0.29) is 11.9 Å². The smallest absolute Gasteiger partial charge is 0.247 e. The number of piperazine rings is 1. The highest BCUT2D eigenvalue weighted by molar-refractivity contribution is 7.91. The van der Waals surface area contributed by atoms with E-state index in [0.717, 1.165) is 25.9 Å². The summed E-state index contributed by atoms with van der Waals surface area (Å²) < 4.78 is 24.7. The second-order valence-corrected chi connectivity index (χ2v) is 8.71. The summed E-state index contributed by atoms with van der Waals surface area (Å²) in [4.78, 5) is 16.8. The number of carbonyl (C=O) groups is 1. The number of hydrogen-bond donors (Lipinski definition) is 0. The van der Waals surface area contributed by atoms with Crippen molar-refractivity contribution in [3.05, 3.63) is 18.5 Å². The van der Waals surface area contributed by atoms with Gasteiger partial charge in [0.05, 0.1) is 11.5 Å². The van der Waals surface area contributed by atoms with Crippen molar-refractivity contribution < 1.29 is 13.2 Å². The van der Waals surface area contributed by atoms with Gasteiger partial charge >= 0.3 is 0 Å². The SMILES string of the molecule is CC(C(=O)N1CCN(C2CCS(=O)(=O)CC2)CC1)n1cccn1. The van der Waals surface area contributed by atoms with E-state index in [9.17, 15) is 13.2 Å². The van der Waals surface area contributed by atoms with Gasteiger partial charge in [-0.05, 0) is 25.8 Å². The van der Waals surface area contributed by atoms with Crippen LogP contribution in [0.15, 0.2) is 18.5 Å². The number of sulfone groups is 1. The van der Waals surface area contributed by atoms with Crippen LogP contribution in [0, 0.1) is 0 Å². The normalized spacial score (nSPS) is 24.5. The summed E-state index contributed by atoms with van der Waals surface area (Å²) in [6, 6.07) is 1.88. The van der Waals surface area contributed by atoms with Gasteiger partial charge in [-0.1, -0.05) is 0 Å². The first-order valence-electron chi connectivity index (χ1n) is 8.19. The molecule has 1 aromatic heterocycles. The topological polar surface area (TPSA) is 75.5 Å². The van der Waals surface area contributed by atoms with Gasteiger partial charge in [0.1, 0.15) is 15.9 Å². The monoisotopic (exact) mass is 340 g/mol. The fourth-order valence-electron chi connectivity index (χ4n) is 3.44. The molecule has 1 amide bonds. The van der Waals surface area contributed by atoms with E-state index in [4.69, 9.17) is 0 Å². The molecule has 0 radical (unpaired) electrons. The molecule has 128 valence electrons. The third-order valence-electron chi connectivity index (χ3n) is 4.95. The molecule has 0 bridgehead atoms. The van der Waals surface area contributed by atoms with Crippen molar-refractivity contribution in [2.45, 2.75) is 31.8 Å². The van der Waals surface area contributed by atoms with Crippen LogP contribution in [0.2, 0.25) is 0 Å². The molecule has 3 rings (SSSR count). The van der Waals surface area contributed by atoms with Crippen molar-refractivity contribution in [3.8, 4) is 0 Å². The van der Waals surface area contributed by atoms with E-state index >= 15 is 0 Å². The van der Waals surface area contributed by atoms with E-state index in [2.05, 4.69) is 10.00 Å². The third-order valence-corrected chi connectivity index (χ3v) is 6.66. The molecule has 2 fully saturated rings. The Morgan fingerprint density at radius 1 is 1.17 bits per heavy atom. The Bertz CT molecular complexity index is 622. The molecule has 0 saturated carbocycles. The first-order valence-corrected chi connectivity index (χ1v) is 10.0. The van der Waals surface area contributed by atoms with Gasteiger partial charge in [-0.2, -0.15) is 5.10 Å². The van der Waals surface area contributed by atoms with Crippen LogP contribution in [-0.2, 0) is 14.6 Å². The van der Waals surface area contributed by atoms with Crippen LogP contribution in [0.25, 0.3) is 0 Å². The van der Waals surface area contributed by atoms with E-state index in [0.29, 0.717) is 30.6 Å². The molecule has 0 aromatic carbocycles. The highest BCUT2D eigenvalue weighted by atomic mass is 32.2. The van der Waals surface area contributed by atoms with Gasteiger partial charge in [-0.3, -0.25) is 14.4 Å². The molecular weight excluding hydrogens is 316 g/mol. The zero-order valence-corrected chi connectivity index (χ0v) is 14.3. The Balaban J connectivity index is 1.51. The standard InChI is InChI=1S/C15H24N4O3S/c1-13(19-6-2-5-16-19)15(20)18-9-7-17(8-10-18)14-3-11-23(21,22)12-4-14/h2,5-6,13-14H,3-4,7-12H2,1H3. The predicted octanol–water partition coefficient (Wildman–Crippen LogP) is 0.166. The first kappa shape index (κ1) is 16.4. The Labute approximate surface area is 137 Å². The van der Waals surface area contributed by atoms with Gasteiger partial charge in [0.2, 0.25) is 5.91 Å². The average molecular weight is 340 g/mol. The maximum absolute atomic E-state index is 12.5. The Morgan fingerprint density at radius 2 is 1.83 bits per heavy atom. The van der Waals surface area contributed by atoms with Crippen LogP contribution in [0.5, 0.6) is 0 Å². The lowest BCUT2D eigenvalue weighted by molar-refractivity contribution is -0.136. The second kappa shape index (κ2) is 6.60. The molecule has 0 N–H and O–H groups in total. The highest BCUT2D eigenvalue weighted by Crippen LogP contribution is 2.20. The van der Waals surface area contributed by atoms with E-state index in [1.165, 1.54) is 0 Å². The van der Waals surface area contributed by atoms with E-state index in [1.807, 2.05) is 17.9 Å². The zero-order chi connectivity index (χ0) is 16.4. The van der Waals surface area contributed by atoms with Crippen LogP contribution >= 0.6 is 0 Å². The summed E-state index contributed by atoms with van der Waals surface area (Å²) >= 11 is 0. The Kier molecular flexibility index (Phi) is 4.72. The summed E-state index contributed by atoms with van der Waals surface area (Å²) in [6.45, 7) is 4.92. The molecule has 3 heterocycles. The molecule has 0 spiro atoms. The minimum Gasteiger partial charge on any atom is -0.338 e. The predicted molar refractivity (Wildman–Crippen MR) is 86.8 cm³/mol. The summed E-state index contributed by atoms with van der Waals surface area (Å²) in [6.07, 6.45) is 4.93. The molecule has 2 saturated heterocycles. The van der Waals surface area contributed by atoms with Crippen LogP contribution in [0.3, 0.4) is 0 Å².